The third kappa shape index (κ3) is 3.57. The molecule has 10 heteroatoms. The molecule has 3 aromatic rings. The Labute approximate surface area is 177 Å². The lowest BCUT2D eigenvalue weighted by molar-refractivity contribution is 0.167. The van der Waals surface area contributed by atoms with E-state index < -0.39 is 0 Å². The standard InChI is InChI=1S/C19H19Cl2N7O/c1-10(27-19-16-18(24-8-23-16)25-9-26-19)12-5-13(20)15(21)14(17(12)29-2)11-6-28(7-11)4-3-22/h5,8-11H,4,6-7H2,1-2H3,(H2,23,24,25,26,27). The average molecular weight is 432 g/mol. The Morgan fingerprint density at radius 3 is 2.90 bits per heavy atom. The molecule has 0 bridgehead atoms. The first-order chi connectivity index (χ1) is 14.0. The number of imidazole rings is 1. The largest absolute Gasteiger partial charge is 0.496 e. The minimum Gasteiger partial charge on any atom is -0.496 e. The molecule has 2 N–H and O–H groups in total. The Kier molecular flexibility index (Phi) is 5.46. The number of methoxy groups -OCH3 is 1. The van der Waals surface area contributed by atoms with Crippen LogP contribution in [-0.2, 0) is 0 Å². The highest BCUT2D eigenvalue weighted by atomic mass is 35.5. The molecule has 1 saturated heterocycles. The van der Waals surface area contributed by atoms with Gasteiger partial charge in [0.15, 0.2) is 11.5 Å². The van der Waals surface area contributed by atoms with Gasteiger partial charge in [-0.05, 0) is 13.0 Å². The van der Waals surface area contributed by atoms with E-state index in [1.165, 1.54) is 6.33 Å². The summed E-state index contributed by atoms with van der Waals surface area (Å²) in [6.07, 6.45) is 3.05. The molecule has 0 saturated carbocycles. The van der Waals surface area contributed by atoms with Gasteiger partial charge in [0.25, 0.3) is 0 Å². The molecule has 29 heavy (non-hydrogen) atoms. The fourth-order valence-electron chi connectivity index (χ4n) is 3.70. The Bertz CT molecular complexity index is 1090. The molecule has 0 amide bonds. The molecule has 2 aromatic heterocycles. The van der Waals surface area contributed by atoms with Crippen LogP contribution in [0.15, 0.2) is 18.7 Å². The van der Waals surface area contributed by atoms with E-state index >= 15 is 0 Å². The third-order valence-electron chi connectivity index (χ3n) is 5.14. The van der Waals surface area contributed by atoms with E-state index in [2.05, 4.69) is 36.2 Å². The van der Waals surface area contributed by atoms with Gasteiger partial charge >= 0.3 is 0 Å². The summed E-state index contributed by atoms with van der Waals surface area (Å²) in [4.78, 5) is 17.7. The van der Waals surface area contributed by atoms with E-state index in [-0.39, 0.29) is 12.0 Å². The summed E-state index contributed by atoms with van der Waals surface area (Å²) in [6, 6.07) is 3.82. The number of H-pyrrole nitrogens is 1. The van der Waals surface area contributed by atoms with Crippen molar-refractivity contribution in [3.05, 3.63) is 39.9 Å². The van der Waals surface area contributed by atoms with Crippen molar-refractivity contribution in [1.82, 2.24) is 24.8 Å². The Morgan fingerprint density at radius 1 is 1.38 bits per heavy atom. The number of likely N-dealkylation sites (tertiary alicyclic amines) is 1. The van der Waals surface area contributed by atoms with Gasteiger partial charge in [-0.15, -0.1) is 0 Å². The van der Waals surface area contributed by atoms with Gasteiger partial charge in [0.05, 0.1) is 42.1 Å². The van der Waals surface area contributed by atoms with Crippen molar-refractivity contribution in [2.75, 3.05) is 32.1 Å². The summed E-state index contributed by atoms with van der Waals surface area (Å²) < 4.78 is 5.78. The van der Waals surface area contributed by atoms with Gasteiger partial charge in [-0.3, -0.25) is 4.90 Å². The number of hydrogen-bond acceptors (Lipinski definition) is 7. The van der Waals surface area contributed by atoms with Crippen LogP contribution in [0.3, 0.4) is 0 Å². The number of fused-ring (bicyclic) bond motifs is 1. The van der Waals surface area contributed by atoms with Gasteiger partial charge in [-0.2, -0.15) is 5.26 Å². The van der Waals surface area contributed by atoms with Crippen molar-refractivity contribution in [2.24, 2.45) is 0 Å². The van der Waals surface area contributed by atoms with Crippen LogP contribution in [0.25, 0.3) is 11.2 Å². The molecule has 1 aromatic carbocycles. The van der Waals surface area contributed by atoms with Gasteiger partial charge in [0.1, 0.15) is 17.6 Å². The van der Waals surface area contributed by atoms with E-state index in [1.807, 2.05) is 13.0 Å². The van der Waals surface area contributed by atoms with Crippen molar-refractivity contribution in [1.29, 1.82) is 5.26 Å². The molecule has 0 aliphatic carbocycles. The molecule has 1 fully saturated rings. The Morgan fingerprint density at radius 2 is 2.17 bits per heavy atom. The SMILES string of the molecule is COc1c(C(C)Nc2ncnc3nc[nH]c23)cc(Cl)c(Cl)c1C1CN(CC#N)C1. The van der Waals surface area contributed by atoms with Gasteiger partial charge in [-0.25, -0.2) is 15.0 Å². The van der Waals surface area contributed by atoms with E-state index in [1.54, 1.807) is 13.4 Å². The smallest absolute Gasteiger partial charge is 0.182 e. The van der Waals surface area contributed by atoms with E-state index in [0.717, 1.165) is 29.7 Å². The fourth-order valence-corrected chi connectivity index (χ4v) is 4.22. The minimum atomic E-state index is -0.171. The summed E-state index contributed by atoms with van der Waals surface area (Å²) >= 11 is 13.0. The molecule has 1 unspecified atom stereocenters. The van der Waals surface area contributed by atoms with Crippen LogP contribution >= 0.6 is 23.2 Å². The van der Waals surface area contributed by atoms with Gasteiger partial charge in [0, 0.05) is 30.1 Å². The molecule has 1 aliphatic rings. The maximum absolute atomic E-state index is 8.89. The molecular weight excluding hydrogens is 413 g/mol. The zero-order chi connectivity index (χ0) is 20.5. The summed E-state index contributed by atoms with van der Waals surface area (Å²) in [5, 5.41) is 13.2. The Balaban J connectivity index is 1.68. The van der Waals surface area contributed by atoms with Crippen molar-refractivity contribution in [3.8, 4) is 11.8 Å². The maximum Gasteiger partial charge on any atom is 0.182 e. The second kappa shape index (κ2) is 8.03. The van der Waals surface area contributed by atoms with Crippen molar-refractivity contribution >= 4 is 40.2 Å². The van der Waals surface area contributed by atoms with Crippen molar-refractivity contribution in [3.63, 3.8) is 0 Å². The van der Waals surface area contributed by atoms with Crippen LogP contribution in [0.1, 0.15) is 30.0 Å². The molecule has 3 heterocycles. The van der Waals surface area contributed by atoms with Gasteiger partial charge < -0.3 is 15.0 Å². The number of aromatic nitrogens is 4. The zero-order valence-electron chi connectivity index (χ0n) is 15.9. The van der Waals surface area contributed by atoms with Crippen molar-refractivity contribution < 1.29 is 4.74 Å². The summed E-state index contributed by atoms with van der Waals surface area (Å²) in [5.41, 5.74) is 3.07. The molecule has 1 atom stereocenters. The summed E-state index contributed by atoms with van der Waals surface area (Å²) in [5.74, 6) is 1.50. The number of benzene rings is 1. The number of nitrogens with zero attached hydrogens (tertiary/aromatic N) is 5. The highest BCUT2D eigenvalue weighted by Gasteiger charge is 2.34. The quantitative estimate of drug-likeness (QED) is 0.572. The second-order valence-corrected chi connectivity index (χ2v) is 7.73. The first kappa shape index (κ1) is 19.7. The molecule has 150 valence electrons. The predicted molar refractivity (Wildman–Crippen MR) is 112 cm³/mol. The predicted octanol–water partition coefficient (Wildman–Crippen LogP) is 3.76. The fraction of sp³-hybridized carbons (Fsp3) is 0.368. The number of hydrogen-bond donors (Lipinski definition) is 2. The van der Waals surface area contributed by atoms with Crippen LogP contribution < -0.4 is 10.1 Å². The van der Waals surface area contributed by atoms with Crippen LogP contribution in [-0.4, -0.2) is 51.6 Å². The minimum absolute atomic E-state index is 0.161. The lowest BCUT2D eigenvalue weighted by Gasteiger charge is -2.39. The number of nitrogens with one attached hydrogen (secondary N) is 2. The van der Waals surface area contributed by atoms with Crippen LogP contribution in [0.2, 0.25) is 10.0 Å². The number of aromatic amines is 1. The number of halogens is 2. The monoisotopic (exact) mass is 431 g/mol. The topological polar surface area (TPSA) is 103 Å². The first-order valence-corrected chi connectivity index (χ1v) is 9.84. The van der Waals surface area contributed by atoms with E-state index in [0.29, 0.717) is 33.8 Å². The molecule has 0 radical (unpaired) electrons. The lowest BCUT2D eigenvalue weighted by atomic mass is 9.88. The second-order valence-electron chi connectivity index (χ2n) is 6.95. The van der Waals surface area contributed by atoms with Gasteiger partial charge in [-0.1, -0.05) is 23.2 Å². The molecule has 4 rings (SSSR count). The third-order valence-corrected chi connectivity index (χ3v) is 5.94. The first-order valence-electron chi connectivity index (χ1n) is 9.09. The number of rotatable bonds is 6. The van der Waals surface area contributed by atoms with Gasteiger partial charge in [0.2, 0.25) is 0 Å². The zero-order valence-corrected chi connectivity index (χ0v) is 17.4. The summed E-state index contributed by atoms with van der Waals surface area (Å²) in [7, 11) is 1.63. The normalized spacial score (nSPS) is 15.7. The highest BCUT2D eigenvalue weighted by Crippen LogP contribution is 2.45. The van der Waals surface area contributed by atoms with Crippen molar-refractivity contribution in [2.45, 2.75) is 18.9 Å². The number of nitriles is 1. The molecule has 1 aliphatic heterocycles. The molecule has 8 nitrogen and oxygen atoms in total. The number of ether oxygens (including phenoxy) is 1. The Hall–Kier alpha value is -2.60. The van der Waals surface area contributed by atoms with Crippen LogP contribution in [0, 0.1) is 11.3 Å². The van der Waals surface area contributed by atoms with E-state index in [9.17, 15) is 0 Å². The average Bonchev–Trinajstić information content (AvgIpc) is 3.16. The van der Waals surface area contributed by atoms with E-state index in [4.69, 9.17) is 33.2 Å². The lowest BCUT2D eigenvalue weighted by Crippen LogP contribution is -2.45. The summed E-state index contributed by atoms with van der Waals surface area (Å²) in [6.45, 7) is 3.88. The van der Waals surface area contributed by atoms with Crippen LogP contribution in [0.5, 0.6) is 5.75 Å². The highest BCUT2D eigenvalue weighted by molar-refractivity contribution is 6.42. The van der Waals surface area contributed by atoms with Crippen LogP contribution in [0.4, 0.5) is 5.82 Å². The molecular formula is C19H19Cl2N7O. The maximum atomic E-state index is 8.89. The molecule has 0 spiro atoms. The number of anilines is 1.